The summed E-state index contributed by atoms with van der Waals surface area (Å²) in [6.45, 7) is 1.73. The van der Waals surface area contributed by atoms with Crippen LogP contribution in [0.25, 0.3) is 11.3 Å². The number of aromatic nitrogens is 2. The second-order valence-corrected chi connectivity index (χ2v) is 3.41. The summed E-state index contributed by atoms with van der Waals surface area (Å²) in [5.41, 5.74) is 1.87. The normalized spacial score (nSPS) is 10.3. The monoisotopic (exact) mass is 218 g/mol. The molecule has 0 amide bonds. The molecule has 2 aromatic rings. The van der Waals surface area contributed by atoms with Crippen LogP contribution in [0.4, 0.5) is 0 Å². The number of nitrogens with one attached hydrogen (secondary N) is 1. The largest absolute Gasteiger partial charge is 0.508 e. The highest BCUT2D eigenvalue weighted by atomic mass is 16.4. The predicted octanol–water partition coefficient (Wildman–Crippen LogP) is 1.79. The van der Waals surface area contributed by atoms with E-state index in [0.717, 1.165) is 0 Å². The van der Waals surface area contributed by atoms with E-state index >= 15 is 0 Å². The minimum atomic E-state index is -1.10. The maximum atomic E-state index is 10.7. The number of phenols is 1. The average Bonchev–Trinajstić information content (AvgIpc) is 2.60. The van der Waals surface area contributed by atoms with Crippen LogP contribution >= 0.6 is 0 Å². The molecule has 0 aliphatic carbocycles. The molecule has 0 unspecified atom stereocenters. The van der Waals surface area contributed by atoms with Gasteiger partial charge < -0.3 is 15.2 Å². The van der Waals surface area contributed by atoms with Crippen LogP contribution in [0.2, 0.25) is 0 Å². The lowest BCUT2D eigenvalue weighted by molar-refractivity contribution is 0.0684. The quantitative estimate of drug-likeness (QED) is 0.717. The summed E-state index contributed by atoms with van der Waals surface area (Å²) in [7, 11) is 0. The first-order chi connectivity index (χ1) is 7.58. The van der Waals surface area contributed by atoms with Gasteiger partial charge in [0.05, 0.1) is 5.69 Å². The van der Waals surface area contributed by atoms with Crippen molar-refractivity contribution in [1.29, 1.82) is 0 Å². The molecule has 0 bridgehead atoms. The molecule has 5 heteroatoms. The van der Waals surface area contributed by atoms with Crippen molar-refractivity contribution in [2.45, 2.75) is 6.92 Å². The van der Waals surface area contributed by atoms with E-state index in [-0.39, 0.29) is 11.6 Å². The number of H-pyrrole nitrogens is 1. The molecule has 0 aliphatic rings. The van der Waals surface area contributed by atoms with Gasteiger partial charge in [0.2, 0.25) is 5.82 Å². The number of aromatic amines is 1. The summed E-state index contributed by atoms with van der Waals surface area (Å²) in [5.74, 6) is -1.08. The molecule has 82 valence electrons. The number of aryl methyl sites for hydroxylation is 1. The third kappa shape index (κ3) is 1.75. The standard InChI is InChI=1S/C11H10N2O3/c1-6-9(13-10(12-6)11(15)16)7-3-2-4-8(14)5-7/h2-5,14H,1H3,(H,12,13)(H,15,16). The molecule has 1 heterocycles. The van der Waals surface area contributed by atoms with Crippen molar-refractivity contribution in [2.24, 2.45) is 0 Å². The van der Waals surface area contributed by atoms with E-state index in [1.54, 1.807) is 25.1 Å². The maximum absolute atomic E-state index is 10.7. The van der Waals surface area contributed by atoms with E-state index in [4.69, 9.17) is 5.11 Å². The van der Waals surface area contributed by atoms with E-state index in [9.17, 15) is 9.90 Å². The van der Waals surface area contributed by atoms with Crippen molar-refractivity contribution >= 4 is 5.97 Å². The molecule has 2 rings (SSSR count). The Morgan fingerprint density at radius 2 is 2.19 bits per heavy atom. The number of hydrogen-bond donors (Lipinski definition) is 3. The van der Waals surface area contributed by atoms with E-state index in [2.05, 4.69) is 9.97 Å². The first kappa shape index (κ1) is 10.2. The Labute approximate surface area is 91.4 Å². The molecular weight excluding hydrogens is 208 g/mol. The minimum Gasteiger partial charge on any atom is -0.508 e. The highest BCUT2D eigenvalue weighted by Gasteiger charge is 2.13. The third-order valence-electron chi connectivity index (χ3n) is 2.21. The van der Waals surface area contributed by atoms with Crippen LogP contribution in [0.5, 0.6) is 5.75 Å². The number of nitrogens with zero attached hydrogens (tertiary/aromatic N) is 1. The van der Waals surface area contributed by atoms with Crippen molar-refractivity contribution in [1.82, 2.24) is 9.97 Å². The molecule has 3 N–H and O–H groups in total. The molecule has 5 nitrogen and oxygen atoms in total. The molecule has 0 spiro atoms. The van der Waals surface area contributed by atoms with Gasteiger partial charge in [0.15, 0.2) is 0 Å². The molecule has 0 fully saturated rings. The first-order valence-corrected chi connectivity index (χ1v) is 4.67. The summed E-state index contributed by atoms with van der Waals surface area (Å²) in [4.78, 5) is 17.3. The molecule has 0 radical (unpaired) electrons. The Balaban J connectivity index is 2.52. The first-order valence-electron chi connectivity index (χ1n) is 4.67. The number of aromatic hydroxyl groups is 1. The summed E-state index contributed by atoms with van der Waals surface area (Å²) < 4.78 is 0. The highest BCUT2D eigenvalue weighted by Crippen LogP contribution is 2.24. The number of aromatic carboxylic acids is 1. The van der Waals surface area contributed by atoms with Gasteiger partial charge in [-0.15, -0.1) is 0 Å². The van der Waals surface area contributed by atoms with Gasteiger partial charge in [-0.1, -0.05) is 12.1 Å². The fraction of sp³-hybridized carbons (Fsp3) is 0.0909. The smallest absolute Gasteiger partial charge is 0.371 e. The van der Waals surface area contributed by atoms with Crippen LogP contribution < -0.4 is 0 Å². The summed E-state index contributed by atoms with van der Waals surface area (Å²) >= 11 is 0. The third-order valence-corrected chi connectivity index (χ3v) is 2.21. The predicted molar refractivity (Wildman–Crippen MR) is 57.4 cm³/mol. The van der Waals surface area contributed by atoms with Crippen LogP contribution in [0.3, 0.4) is 0 Å². The average molecular weight is 218 g/mol. The SMILES string of the molecule is Cc1[nH]c(C(=O)O)nc1-c1cccc(O)c1. The maximum Gasteiger partial charge on any atom is 0.371 e. The van der Waals surface area contributed by atoms with E-state index in [1.165, 1.54) is 6.07 Å². The molecular formula is C11H10N2O3. The number of carboxylic acid groups (broad SMARTS) is 1. The zero-order valence-electron chi connectivity index (χ0n) is 8.56. The number of phenolic OH excluding ortho intramolecular Hbond substituents is 1. The van der Waals surface area contributed by atoms with Gasteiger partial charge in [-0.2, -0.15) is 0 Å². The van der Waals surface area contributed by atoms with Crippen LogP contribution in [-0.2, 0) is 0 Å². The lowest BCUT2D eigenvalue weighted by Gasteiger charge is -1.98. The Hall–Kier alpha value is -2.30. The fourth-order valence-electron chi connectivity index (χ4n) is 1.50. The van der Waals surface area contributed by atoms with Gasteiger partial charge in [0.25, 0.3) is 0 Å². The van der Waals surface area contributed by atoms with Gasteiger partial charge in [-0.25, -0.2) is 9.78 Å². The van der Waals surface area contributed by atoms with Gasteiger partial charge in [0.1, 0.15) is 5.75 Å². The number of benzene rings is 1. The lowest BCUT2D eigenvalue weighted by atomic mass is 10.1. The van der Waals surface area contributed by atoms with Crippen molar-refractivity contribution in [2.75, 3.05) is 0 Å². The number of carbonyl (C=O) groups is 1. The Morgan fingerprint density at radius 1 is 1.44 bits per heavy atom. The Kier molecular flexibility index (Phi) is 2.36. The van der Waals surface area contributed by atoms with E-state index < -0.39 is 5.97 Å². The molecule has 1 aromatic carbocycles. The molecule has 0 atom stereocenters. The van der Waals surface area contributed by atoms with Crippen LogP contribution in [0.15, 0.2) is 24.3 Å². The Bertz CT molecular complexity index is 546. The second-order valence-electron chi connectivity index (χ2n) is 3.41. The van der Waals surface area contributed by atoms with Crippen LogP contribution in [-0.4, -0.2) is 26.2 Å². The van der Waals surface area contributed by atoms with Crippen LogP contribution in [0, 0.1) is 6.92 Å². The molecule has 0 saturated heterocycles. The summed E-state index contributed by atoms with van der Waals surface area (Å²) in [6, 6.07) is 6.52. The van der Waals surface area contributed by atoms with Gasteiger partial charge in [0, 0.05) is 11.3 Å². The van der Waals surface area contributed by atoms with Crippen molar-refractivity contribution in [3.05, 3.63) is 35.8 Å². The summed E-state index contributed by atoms with van der Waals surface area (Å²) in [5, 5.41) is 18.1. The Morgan fingerprint density at radius 3 is 2.75 bits per heavy atom. The van der Waals surface area contributed by atoms with Crippen LogP contribution in [0.1, 0.15) is 16.3 Å². The lowest BCUT2D eigenvalue weighted by Crippen LogP contribution is -1.98. The number of hydrogen-bond acceptors (Lipinski definition) is 3. The topological polar surface area (TPSA) is 86.2 Å². The molecule has 0 aliphatic heterocycles. The number of rotatable bonds is 2. The molecule has 1 aromatic heterocycles. The summed E-state index contributed by atoms with van der Waals surface area (Å²) in [6.07, 6.45) is 0. The van der Waals surface area contributed by atoms with Gasteiger partial charge in [-0.3, -0.25) is 0 Å². The van der Waals surface area contributed by atoms with Gasteiger partial charge >= 0.3 is 5.97 Å². The zero-order chi connectivity index (χ0) is 11.7. The zero-order valence-corrected chi connectivity index (χ0v) is 8.56. The number of carboxylic acids is 1. The van der Waals surface area contributed by atoms with Crippen molar-refractivity contribution in [3.63, 3.8) is 0 Å². The fourth-order valence-corrected chi connectivity index (χ4v) is 1.50. The van der Waals surface area contributed by atoms with Crippen molar-refractivity contribution < 1.29 is 15.0 Å². The molecule has 16 heavy (non-hydrogen) atoms. The minimum absolute atomic E-state index is 0.101. The second kappa shape index (κ2) is 3.69. The van der Waals surface area contributed by atoms with Gasteiger partial charge in [-0.05, 0) is 19.1 Å². The van der Waals surface area contributed by atoms with Crippen molar-refractivity contribution in [3.8, 4) is 17.0 Å². The van der Waals surface area contributed by atoms with E-state index in [1.807, 2.05) is 0 Å². The highest BCUT2D eigenvalue weighted by molar-refractivity contribution is 5.84. The molecule has 0 saturated carbocycles. The number of imidazole rings is 1. The van der Waals surface area contributed by atoms with E-state index in [0.29, 0.717) is 17.0 Å².